The molecule has 3 N–H and O–H groups in total. The Balaban J connectivity index is 0.00000131. The van der Waals surface area contributed by atoms with E-state index >= 15 is 0 Å². The third kappa shape index (κ3) is 4.96. The van der Waals surface area contributed by atoms with E-state index in [1.807, 2.05) is 0 Å². The van der Waals surface area contributed by atoms with Gasteiger partial charge in [-0.15, -0.1) is 24.8 Å². The summed E-state index contributed by atoms with van der Waals surface area (Å²) in [7, 11) is 0. The number of hydrogen-bond acceptors (Lipinski definition) is 4. The van der Waals surface area contributed by atoms with Gasteiger partial charge in [-0.25, -0.2) is 0 Å². The summed E-state index contributed by atoms with van der Waals surface area (Å²) in [5, 5.41) is 3.27. The highest BCUT2D eigenvalue weighted by Gasteiger charge is 2.43. The summed E-state index contributed by atoms with van der Waals surface area (Å²) in [6, 6.07) is 12.1. The van der Waals surface area contributed by atoms with Crippen molar-refractivity contribution in [3.8, 4) is 0 Å². The molecule has 2 unspecified atom stereocenters. The number of nitrogens with two attached hydrogens (primary N) is 1. The van der Waals surface area contributed by atoms with Gasteiger partial charge in [0.2, 0.25) is 5.91 Å². The standard InChI is InChI=1S/C20H29N3O2.2ClH/c21-20(8-10-25-11-9-20)19(24)22-16-12-17-6-7-18(13-16)23(17)14-15-4-2-1-3-5-15;;/h1-5,16-18H,6-14,21H2,(H,22,24);2*1H. The molecule has 0 radical (unpaired) electrons. The maximum atomic E-state index is 12.7. The van der Waals surface area contributed by atoms with Crippen molar-refractivity contribution >= 4 is 30.7 Å². The fourth-order valence-corrected chi connectivity index (χ4v) is 4.74. The number of halogens is 2. The van der Waals surface area contributed by atoms with E-state index in [4.69, 9.17) is 10.5 Å². The molecule has 1 aromatic rings. The summed E-state index contributed by atoms with van der Waals surface area (Å²) in [6.07, 6.45) is 5.82. The fraction of sp³-hybridized carbons (Fsp3) is 0.650. The largest absolute Gasteiger partial charge is 0.381 e. The van der Waals surface area contributed by atoms with Crippen molar-refractivity contribution in [2.45, 2.75) is 68.7 Å². The van der Waals surface area contributed by atoms with Crippen LogP contribution in [0.1, 0.15) is 44.1 Å². The van der Waals surface area contributed by atoms with Crippen LogP contribution < -0.4 is 11.1 Å². The van der Waals surface area contributed by atoms with Crippen molar-refractivity contribution in [2.75, 3.05) is 13.2 Å². The van der Waals surface area contributed by atoms with Gasteiger partial charge in [-0.05, 0) is 44.1 Å². The minimum atomic E-state index is -0.738. The number of hydrogen-bond donors (Lipinski definition) is 2. The van der Waals surface area contributed by atoms with Gasteiger partial charge in [0.15, 0.2) is 0 Å². The molecule has 4 rings (SSSR count). The van der Waals surface area contributed by atoms with Gasteiger partial charge in [0.25, 0.3) is 0 Å². The van der Waals surface area contributed by atoms with Crippen LogP contribution in [0.5, 0.6) is 0 Å². The summed E-state index contributed by atoms with van der Waals surface area (Å²) in [6.45, 7) is 2.20. The van der Waals surface area contributed by atoms with E-state index < -0.39 is 5.54 Å². The van der Waals surface area contributed by atoms with Crippen LogP contribution >= 0.6 is 24.8 Å². The number of ether oxygens (including phenoxy) is 1. The van der Waals surface area contributed by atoms with E-state index in [9.17, 15) is 4.79 Å². The van der Waals surface area contributed by atoms with Crippen LogP contribution in [0.2, 0.25) is 0 Å². The maximum absolute atomic E-state index is 12.7. The highest BCUT2D eigenvalue weighted by molar-refractivity contribution is 5.86. The fourth-order valence-electron chi connectivity index (χ4n) is 4.74. The van der Waals surface area contributed by atoms with E-state index in [-0.39, 0.29) is 36.8 Å². The van der Waals surface area contributed by atoms with E-state index in [0.717, 1.165) is 19.4 Å². The molecule has 27 heavy (non-hydrogen) atoms. The second kappa shape index (κ2) is 9.57. The van der Waals surface area contributed by atoms with Crippen LogP contribution in [0.25, 0.3) is 0 Å². The average molecular weight is 416 g/mol. The Morgan fingerprint density at radius 2 is 1.70 bits per heavy atom. The number of rotatable bonds is 4. The highest BCUT2D eigenvalue weighted by Crippen LogP contribution is 2.37. The van der Waals surface area contributed by atoms with E-state index in [1.54, 1.807) is 0 Å². The van der Waals surface area contributed by atoms with Crippen LogP contribution in [-0.4, -0.2) is 47.7 Å². The summed E-state index contributed by atoms with van der Waals surface area (Å²) in [4.78, 5) is 15.3. The number of fused-ring (bicyclic) bond motifs is 2. The molecule has 3 heterocycles. The van der Waals surface area contributed by atoms with Crippen molar-refractivity contribution in [1.82, 2.24) is 10.2 Å². The number of piperidine rings is 1. The van der Waals surface area contributed by atoms with Gasteiger partial charge >= 0.3 is 0 Å². The third-order valence-corrected chi connectivity index (χ3v) is 6.26. The van der Waals surface area contributed by atoms with Crippen LogP contribution in [0.4, 0.5) is 0 Å². The second-order valence-electron chi connectivity index (χ2n) is 7.95. The maximum Gasteiger partial charge on any atom is 0.240 e. The summed E-state index contributed by atoms with van der Waals surface area (Å²) in [5.74, 6) is 0.0247. The zero-order chi connectivity index (χ0) is 17.3. The van der Waals surface area contributed by atoms with Gasteiger partial charge in [-0.2, -0.15) is 0 Å². The molecule has 152 valence electrons. The topological polar surface area (TPSA) is 67.6 Å². The Labute approximate surface area is 174 Å². The minimum Gasteiger partial charge on any atom is -0.381 e. The molecule has 2 atom stereocenters. The van der Waals surface area contributed by atoms with Crippen molar-refractivity contribution < 1.29 is 9.53 Å². The number of amides is 1. The first kappa shape index (κ1) is 22.4. The SMILES string of the molecule is Cl.Cl.NC1(C(=O)NC2CC3CCC(C2)N3Cc2ccccc2)CCOCC1. The quantitative estimate of drug-likeness (QED) is 0.792. The van der Waals surface area contributed by atoms with E-state index in [0.29, 0.717) is 38.1 Å². The monoisotopic (exact) mass is 415 g/mol. The van der Waals surface area contributed by atoms with Gasteiger partial charge in [0.05, 0.1) is 5.54 Å². The van der Waals surface area contributed by atoms with Crippen molar-refractivity contribution in [3.63, 3.8) is 0 Å². The van der Waals surface area contributed by atoms with Crippen LogP contribution in [0, 0.1) is 0 Å². The lowest BCUT2D eigenvalue weighted by Crippen LogP contribution is -2.60. The Morgan fingerprint density at radius 1 is 1.11 bits per heavy atom. The predicted octanol–water partition coefficient (Wildman–Crippen LogP) is 2.65. The molecule has 3 fully saturated rings. The molecule has 1 aromatic carbocycles. The lowest BCUT2D eigenvalue weighted by atomic mass is 9.89. The van der Waals surface area contributed by atoms with Gasteiger partial charge in [-0.1, -0.05) is 30.3 Å². The molecule has 0 spiro atoms. The number of nitrogens with one attached hydrogen (secondary N) is 1. The van der Waals surface area contributed by atoms with Crippen molar-refractivity contribution in [1.29, 1.82) is 0 Å². The molecule has 1 amide bonds. The van der Waals surface area contributed by atoms with E-state index in [2.05, 4.69) is 40.5 Å². The summed E-state index contributed by atoms with van der Waals surface area (Å²) >= 11 is 0. The number of benzene rings is 1. The average Bonchev–Trinajstić information content (AvgIpc) is 2.86. The molecule has 0 saturated carbocycles. The van der Waals surface area contributed by atoms with E-state index in [1.165, 1.54) is 18.4 Å². The molecule has 3 saturated heterocycles. The van der Waals surface area contributed by atoms with Crippen molar-refractivity contribution in [2.24, 2.45) is 5.73 Å². The lowest BCUT2D eigenvalue weighted by Gasteiger charge is -2.41. The summed E-state index contributed by atoms with van der Waals surface area (Å²) in [5.41, 5.74) is 6.97. The molecule has 2 bridgehead atoms. The molecule has 7 heteroatoms. The first-order chi connectivity index (χ1) is 12.1. The zero-order valence-corrected chi connectivity index (χ0v) is 17.3. The Hall–Kier alpha value is -0.850. The molecule has 0 aliphatic carbocycles. The van der Waals surface area contributed by atoms with Crippen LogP contribution in [-0.2, 0) is 16.1 Å². The molecule has 3 aliphatic rings. The zero-order valence-electron chi connectivity index (χ0n) is 15.6. The highest BCUT2D eigenvalue weighted by atomic mass is 35.5. The van der Waals surface area contributed by atoms with Gasteiger partial charge < -0.3 is 15.8 Å². The summed E-state index contributed by atoms with van der Waals surface area (Å²) < 4.78 is 5.35. The van der Waals surface area contributed by atoms with Crippen LogP contribution in [0.15, 0.2) is 30.3 Å². The first-order valence-electron chi connectivity index (χ1n) is 9.61. The molecular weight excluding hydrogens is 385 g/mol. The normalized spacial score (nSPS) is 29.3. The Bertz CT molecular complexity index is 597. The number of carbonyl (C=O) groups excluding carboxylic acids is 1. The van der Waals surface area contributed by atoms with Crippen LogP contribution in [0.3, 0.4) is 0 Å². The third-order valence-electron chi connectivity index (χ3n) is 6.26. The lowest BCUT2D eigenvalue weighted by molar-refractivity contribution is -0.131. The second-order valence-corrected chi connectivity index (χ2v) is 7.95. The number of nitrogens with zero attached hydrogens (tertiary/aromatic N) is 1. The molecule has 3 aliphatic heterocycles. The number of carbonyl (C=O) groups is 1. The molecular formula is C20H31Cl2N3O2. The smallest absolute Gasteiger partial charge is 0.240 e. The van der Waals surface area contributed by atoms with Gasteiger partial charge in [-0.3, -0.25) is 9.69 Å². The predicted molar refractivity (Wildman–Crippen MR) is 111 cm³/mol. The first-order valence-corrected chi connectivity index (χ1v) is 9.61. The minimum absolute atomic E-state index is 0. The molecule has 0 aromatic heterocycles. The van der Waals surface area contributed by atoms with Crippen molar-refractivity contribution in [3.05, 3.63) is 35.9 Å². The Morgan fingerprint density at radius 3 is 2.30 bits per heavy atom. The molecule has 5 nitrogen and oxygen atoms in total. The van der Waals surface area contributed by atoms with Gasteiger partial charge in [0.1, 0.15) is 0 Å². The van der Waals surface area contributed by atoms with Gasteiger partial charge in [0, 0.05) is 37.9 Å². The Kier molecular flexibility index (Phi) is 7.95.